The van der Waals surface area contributed by atoms with Gasteiger partial charge >= 0.3 is 0 Å². The number of amides is 2. The Bertz CT molecular complexity index is 1870. The summed E-state index contributed by atoms with van der Waals surface area (Å²) in [5.74, 6) is 0.260. The number of anilines is 2. The molecule has 6 rings (SSSR count). The average molecular weight is 721 g/mol. The molecule has 2 aromatic carbocycles. The van der Waals surface area contributed by atoms with E-state index < -0.39 is 0 Å². The number of rotatable bonds is 12. The third-order valence-corrected chi connectivity index (χ3v) is 10.0. The lowest BCUT2D eigenvalue weighted by atomic mass is 10.0. The Hall–Kier alpha value is -4.29. The Morgan fingerprint density at radius 3 is 2.50 bits per heavy atom. The molecule has 2 fully saturated rings. The van der Waals surface area contributed by atoms with Crippen LogP contribution in [-0.2, 0) is 22.7 Å². The minimum atomic E-state index is -0.375. The highest BCUT2D eigenvalue weighted by Gasteiger charge is 2.23. The van der Waals surface area contributed by atoms with Crippen LogP contribution in [0.5, 0.6) is 5.88 Å². The van der Waals surface area contributed by atoms with Crippen molar-refractivity contribution in [3.8, 4) is 28.4 Å². The van der Waals surface area contributed by atoms with Crippen LogP contribution in [0, 0.1) is 5.82 Å². The smallest absolute Gasteiger partial charge is 0.220 e. The van der Waals surface area contributed by atoms with Gasteiger partial charge in [-0.25, -0.2) is 9.37 Å². The summed E-state index contributed by atoms with van der Waals surface area (Å²) in [5, 5.41) is 13.6. The van der Waals surface area contributed by atoms with E-state index in [0.29, 0.717) is 83.8 Å². The topological polar surface area (TPSA) is 121 Å². The van der Waals surface area contributed by atoms with Gasteiger partial charge in [0.2, 0.25) is 17.7 Å². The van der Waals surface area contributed by atoms with E-state index in [1.54, 1.807) is 44.5 Å². The summed E-state index contributed by atoms with van der Waals surface area (Å²) in [5.41, 5.74) is 4.48. The monoisotopic (exact) mass is 719 g/mol. The van der Waals surface area contributed by atoms with Crippen molar-refractivity contribution < 1.29 is 18.7 Å². The predicted octanol–water partition coefficient (Wildman–Crippen LogP) is 6.48. The van der Waals surface area contributed by atoms with Crippen molar-refractivity contribution in [1.29, 1.82) is 0 Å². The first-order valence-corrected chi connectivity index (χ1v) is 17.5. The normalized spacial score (nSPS) is 16.4. The van der Waals surface area contributed by atoms with Crippen LogP contribution in [0.15, 0.2) is 60.8 Å². The number of halogens is 3. The zero-order valence-corrected chi connectivity index (χ0v) is 29.5. The van der Waals surface area contributed by atoms with E-state index in [9.17, 15) is 9.59 Å². The van der Waals surface area contributed by atoms with E-state index >= 15 is 4.39 Å². The lowest BCUT2D eigenvalue weighted by Gasteiger charge is -2.31. The maximum absolute atomic E-state index is 15.7. The number of ether oxygens (including phenoxy) is 1. The van der Waals surface area contributed by atoms with Gasteiger partial charge in [0.05, 0.1) is 39.9 Å². The van der Waals surface area contributed by atoms with Crippen molar-refractivity contribution in [2.75, 3.05) is 32.1 Å². The maximum Gasteiger partial charge on any atom is 0.220 e. The Balaban J connectivity index is 1.16. The molecule has 4 heterocycles. The second-order valence-corrected chi connectivity index (χ2v) is 13.3. The maximum atomic E-state index is 15.7. The van der Waals surface area contributed by atoms with Crippen LogP contribution in [-0.4, -0.2) is 65.5 Å². The Morgan fingerprint density at radius 1 is 0.980 bits per heavy atom. The van der Waals surface area contributed by atoms with Gasteiger partial charge in [-0.2, -0.15) is 0 Å². The summed E-state index contributed by atoms with van der Waals surface area (Å²) in [4.78, 5) is 34.3. The standard InChI is InChI=1S/C37H40Cl2FN7O3/c1-22(48)47-17-14-25(15-18-47)43-20-23-5-3-8-31(35(23)40)45-30-13-16-42-36(34(30)39)28-7-4-6-27(33(28)38)29-11-9-24(37(46-29)50-2)19-41-21-26-10-12-32(49)44-26/h3-9,11,13,16,25-26,41,43H,10,12,14-15,17-21H2,1-2H3,(H,42,45)(H,44,49). The van der Waals surface area contributed by atoms with Crippen molar-refractivity contribution in [2.45, 2.75) is 57.8 Å². The molecule has 2 aliphatic heterocycles. The summed E-state index contributed by atoms with van der Waals surface area (Å²) >= 11 is 13.9. The molecule has 13 heteroatoms. The molecule has 0 aliphatic carbocycles. The lowest BCUT2D eigenvalue weighted by Crippen LogP contribution is -2.44. The fourth-order valence-corrected chi connectivity index (χ4v) is 6.97. The minimum absolute atomic E-state index is 0.0852. The summed E-state index contributed by atoms with van der Waals surface area (Å²) < 4.78 is 21.3. The molecular weight excluding hydrogens is 680 g/mol. The largest absolute Gasteiger partial charge is 0.481 e. The highest BCUT2D eigenvalue weighted by atomic mass is 35.5. The molecule has 262 valence electrons. The molecule has 4 N–H and O–H groups in total. The minimum Gasteiger partial charge on any atom is -0.481 e. The molecule has 10 nitrogen and oxygen atoms in total. The number of likely N-dealkylation sites (tertiary alicyclic amines) is 1. The molecular formula is C37H40Cl2FN7O3. The molecule has 0 radical (unpaired) electrons. The number of benzene rings is 2. The third kappa shape index (κ3) is 8.18. The number of carbonyl (C=O) groups is 2. The number of hydrogen-bond acceptors (Lipinski definition) is 8. The fraction of sp³-hybridized carbons (Fsp3) is 0.351. The number of hydrogen-bond donors (Lipinski definition) is 4. The van der Waals surface area contributed by atoms with Gasteiger partial charge in [0, 0.05) is 86.6 Å². The molecule has 1 unspecified atom stereocenters. The second kappa shape index (κ2) is 16.2. The van der Waals surface area contributed by atoms with Crippen LogP contribution in [0.25, 0.3) is 22.5 Å². The van der Waals surface area contributed by atoms with E-state index in [1.165, 1.54) is 0 Å². The van der Waals surface area contributed by atoms with E-state index in [-0.39, 0.29) is 40.4 Å². The fourth-order valence-electron chi connectivity index (χ4n) is 6.39. The highest BCUT2D eigenvalue weighted by Crippen LogP contribution is 2.41. The van der Waals surface area contributed by atoms with Gasteiger partial charge in [0.1, 0.15) is 0 Å². The molecule has 0 spiro atoms. The SMILES string of the molecule is COc1nc(-c2cccc(-c3nccc(Nc4cccc(CNC5CCN(C(C)=O)CC5)c4F)c3Cl)c2Cl)ccc1CNCC1CCC(=O)N1. The van der Waals surface area contributed by atoms with Gasteiger partial charge in [-0.3, -0.25) is 14.6 Å². The number of aromatic nitrogens is 2. The predicted molar refractivity (Wildman–Crippen MR) is 194 cm³/mol. The van der Waals surface area contributed by atoms with Crippen molar-refractivity contribution in [1.82, 2.24) is 30.8 Å². The average Bonchev–Trinajstić information content (AvgIpc) is 3.54. The van der Waals surface area contributed by atoms with Crippen molar-refractivity contribution >= 4 is 46.4 Å². The van der Waals surface area contributed by atoms with Crippen LogP contribution < -0.4 is 26.0 Å². The van der Waals surface area contributed by atoms with Gasteiger partial charge in [-0.05, 0) is 37.5 Å². The molecule has 4 aromatic rings. The van der Waals surface area contributed by atoms with Gasteiger partial charge in [-0.15, -0.1) is 0 Å². The van der Waals surface area contributed by atoms with Gasteiger partial charge in [0.15, 0.2) is 5.82 Å². The first kappa shape index (κ1) is 35.5. The Labute approximate surface area is 301 Å². The highest BCUT2D eigenvalue weighted by molar-refractivity contribution is 6.39. The summed E-state index contributed by atoms with van der Waals surface area (Å²) in [6, 6.07) is 16.6. The number of piperidine rings is 1. The molecule has 2 amide bonds. The van der Waals surface area contributed by atoms with Crippen LogP contribution in [0.1, 0.15) is 43.7 Å². The van der Waals surface area contributed by atoms with Gasteiger partial charge < -0.3 is 30.9 Å². The van der Waals surface area contributed by atoms with Gasteiger partial charge in [0.25, 0.3) is 0 Å². The second-order valence-electron chi connectivity index (χ2n) is 12.6. The number of pyridine rings is 2. The van der Waals surface area contributed by atoms with Gasteiger partial charge in [-0.1, -0.05) is 59.6 Å². The van der Waals surface area contributed by atoms with Crippen LogP contribution in [0.4, 0.5) is 15.8 Å². The zero-order valence-electron chi connectivity index (χ0n) is 28.0. The summed E-state index contributed by atoms with van der Waals surface area (Å²) in [7, 11) is 1.57. The van der Waals surface area contributed by atoms with Crippen LogP contribution in [0.3, 0.4) is 0 Å². The number of carbonyl (C=O) groups excluding carboxylic acids is 2. The molecule has 0 bridgehead atoms. The van der Waals surface area contributed by atoms with Crippen LogP contribution >= 0.6 is 23.2 Å². The van der Waals surface area contributed by atoms with Crippen molar-refractivity contribution in [2.24, 2.45) is 0 Å². The Morgan fingerprint density at radius 2 is 1.76 bits per heavy atom. The van der Waals surface area contributed by atoms with E-state index in [1.807, 2.05) is 35.2 Å². The molecule has 2 aliphatic rings. The van der Waals surface area contributed by atoms with E-state index in [2.05, 4.69) is 26.3 Å². The van der Waals surface area contributed by atoms with E-state index in [4.69, 9.17) is 32.9 Å². The molecule has 50 heavy (non-hydrogen) atoms. The van der Waals surface area contributed by atoms with Crippen molar-refractivity contribution in [3.63, 3.8) is 0 Å². The summed E-state index contributed by atoms with van der Waals surface area (Å²) in [6.07, 6.45) is 4.63. The first-order chi connectivity index (χ1) is 24.2. The number of nitrogens with one attached hydrogen (secondary N) is 4. The van der Waals surface area contributed by atoms with Crippen molar-refractivity contribution in [3.05, 3.63) is 87.8 Å². The van der Waals surface area contributed by atoms with E-state index in [0.717, 1.165) is 24.8 Å². The van der Waals surface area contributed by atoms with Crippen LogP contribution in [0.2, 0.25) is 10.0 Å². The number of nitrogens with zero attached hydrogens (tertiary/aromatic N) is 3. The zero-order chi connectivity index (χ0) is 35.2. The Kier molecular flexibility index (Phi) is 11.5. The molecule has 2 aromatic heterocycles. The first-order valence-electron chi connectivity index (χ1n) is 16.7. The quantitative estimate of drug-likeness (QED) is 0.131. The molecule has 2 saturated heterocycles. The summed E-state index contributed by atoms with van der Waals surface area (Å²) in [6.45, 7) is 4.53. The lowest BCUT2D eigenvalue weighted by molar-refractivity contribution is -0.130. The third-order valence-electron chi connectivity index (χ3n) is 9.21. The molecule has 0 saturated carbocycles. The number of methoxy groups -OCH3 is 1. The molecule has 1 atom stereocenters.